The molecule has 1 amide bonds. The summed E-state index contributed by atoms with van der Waals surface area (Å²) in [6, 6.07) is -0.935. The molecular formula is C86H157NO13. The van der Waals surface area contributed by atoms with E-state index in [9.17, 15) is 45.6 Å². The van der Waals surface area contributed by atoms with Gasteiger partial charge in [0.1, 0.15) is 48.8 Å². The van der Waals surface area contributed by atoms with Crippen LogP contribution in [0.5, 0.6) is 0 Å². The maximum absolute atomic E-state index is 13.4. The molecule has 0 saturated carbocycles. The highest BCUT2D eigenvalue weighted by Crippen LogP contribution is 2.30. The molecule has 0 aromatic heterocycles. The summed E-state index contributed by atoms with van der Waals surface area (Å²) in [6.07, 6.45) is 80.1. The molecule has 12 atom stereocenters. The molecule has 2 saturated heterocycles. The minimum Gasteiger partial charge on any atom is -0.394 e. The molecule has 2 heterocycles. The van der Waals surface area contributed by atoms with E-state index in [1.807, 2.05) is 6.08 Å². The van der Waals surface area contributed by atoms with Crippen LogP contribution in [0.25, 0.3) is 0 Å². The van der Waals surface area contributed by atoms with Gasteiger partial charge in [-0.1, -0.05) is 369 Å². The molecule has 0 radical (unpaired) electrons. The van der Waals surface area contributed by atoms with Crippen LogP contribution in [0.2, 0.25) is 0 Å². The van der Waals surface area contributed by atoms with Crippen molar-refractivity contribution in [2.24, 2.45) is 0 Å². The Labute approximate surface area is 612 Å². The van der Waals surface area contributed by atoms with E-state index < -0.39 is 86.8 Å². The summed E-state index contributed by atoms with van der Waals surface area (Å²) in [5.41, 5.74) is 0. The predicted octanol–water partition coefficient (Wildman–Crippen LogP) is 19.7. The van der Waals surface area contributed by atoms with Crippen molar-refractivity contribution in [3.63, 3.8) is 0 Å². The Balaban J connectivity index is 1.60. The number of carbonyl (C=O) groups is 1. The number of amides is 1. The fourth-order valence-corrected chi connectivity index (χ4v) is 13.8. The second-order valence-corrected chi connectivity index (χ2v) is 29.6. The van der Waals surface area contributed by atoms with Crippen molar-refractivity contribution in [2.75, 3.05) is 19.8 Å². The second-order valence-electron chi connectivity index (χ2n) is 29.6. The van der Waals surface area contributed by atoms with Gasteiger partial charge in [0.05, 0.1) is 32.0 Å². The molecule has 0 spiro atoms. The molecule has 2 aliphatic heterocycles. The number of carbonyl (C=O) groups excluding carboxylic acids is 1. The number of nitrogens with one attached hydrogen (secondary N) is 1. The van der Waals surface area contributed by atoms with Crippen LogP contribution in [0.3, 0.4) is 0 Å². The Morgan fingerprint density at radius 2 is 0.700 bits per heavy atom. The van der Waals surface area contributed by atoms with Crippen molar-refractivity contribution < 1.29 is 64.6 Å². The monoisotopic (exact) mass is 1410 g/mol. The first-order valence-corrected chi connectivity index (χ1v) is 42.2. The summed E-state index contributed by atoms with van der Waals surface area (Å²) in [4.78, 5) is 13.4. The lowest BCUT2D eigenvalue weighted by atomic mass is 9.97. The smallest absolute Gasteiger partial charge is 0.220 e. The van der Waals surface area contributed by atoms with Crippen LogP contribution in [-0.2, 0) is 23.7 Å². The Morgan fingerprint density at radius 1 is 0.370 bits per heavy atom. The van der Waals surface area contributed by atoms with Gasteiger partial charge in [-0.3, -0.25) is 4.79 Å². The summed E-state index contributed by atoms with van der Waals surface area (Å²) >= 11 is 0. The minimum atomic E-state index is -1.79. The quantitative estimate of drug-likeness (QED) is 0.0204. The maximum Gasteiger partial charge on any atom is 0.220 e. The number of ether oxygens (including phenoxy) is 4. The lowest BCUT2D eigenvalue weighted by molar-refractivity contribution is -0.359. The van der Waals surface area contributed by atoms with E-state index in [4.69, 9.17) is 18.9 Å². The summed E-state index contributed by atoms with van der Waals surface area (Å²) in [7, 11) is 0. The molecule has 9 N–H and O–H groups in total. The molecule has 0 aromatic rings. The summed E-state index contributed by atoms with van der Waals surface area (Å²) < 4.78 is 22.9. The van der Waals surface area contributed by atoms with E-state index >= 15 is 0 Å². The van der Waals surface area contributed by atoms with Gasteiger partial charge in [0, 0.05) is 6.42 Å². The number of rotatable bonds is 71. The van der Waals surface area contributed by atoms with Gasteiger partial charge in [-0.2, -0.15) is 0 Å². The van der Waals surface area contributed by atoms with Crippen molar-refractivity contribution >= 4 is 5.91 Å². The van der Waals surface area contributed by atoms with Crippen LogP contribution < -0.4 is 5.32 Å². The lowest BCUT2D eigenvalue weighted by Gasteiger charge is -2.46. The van der Waals surface area contributed by atoms with Gasteiger partial charge in [-0.15, -0.1) is 0 Å². The number of allylic oxidation sites excluding steroid dienone is 11. The van der Waals surface area contributed by atoms with Crippen molar-refractivity contribution in [1.29, 1.82) is 0 Å². The van der Waals surface area contributed by atoms with Crippen molar-refractivity contribution in [1.82, 2.24) is 5.32 Å². The van der Waals surface area contributed by atoms with Gasteiger partial charge in [0.25, 0.3) is 0 Å². The molecule has 584 valence electrons. The Bertz CT molecular complexity index is 1960. The normalized spacial score (nSPS) is 22.2. The summed E-state index contributed by atoms with van der Waals surface area (Å²) in [5, 5.41) is 87.7. The molecule has 2 aliphatic rings. The predicted molar refractivity (Wildman–Crippen MR) is 415 cm³/mol. The Kier molecular flexibility index (Phi) is 65.0. The van der Waals surface area contributed by atoms with E-state index in [0.717, 1.165) is 57.8 Å². The fourth-order valence-electron chi connectivity index (χ4n) is 13.8. The van der Waals surface area contributed by atoms with Crippen LogP contribution in [0, 0.1) is 0 Å². The van der Waals surface area contributed by atoms with Crippen molar-refractivity contribution in [3.05, 3.63) is 72.9 Å². The van der Waals surface area contributed by atoms with E-state index in [-0.39, 0.29) is 18.9 Å². The number of unbranched alkanes of at least 4 members (excludes halogenated alkanes) is 48. The highest BCUT2D eigenvalue weighted by atomic mass is 16.7. The van der Waals surface area contributed by atoms with Crippen LogP contribution in [0.4, 0.5) is 0 Å². The van der Waals surface area contributed by atoms with E-state index in [1.54, 1.807) is 6.08 Å². The highest BCUT2D eigenvalue weighted by molar-refractivity contribution is 5.76. The first-order chi connectivity index (χ1) is 49.1. The van der Waals surface area contributed by atoms with Crippen molar-refractivity contribution in [3.8, 4) is 0 Å². The molecule has 2 fully saturated rings. The number of hydrogen-bond acceptors (Lipinski definition) is 13. The zero-order valence-corrected chi connectivity index (χ0v) is 64.2. The molecule has 0 aromatic carbocycles. The molecule has 0 bridgehead atoms. The molecular weight excluding hydrogens is 1250 g/mol. The third-order valence-corrected chi connectivity index (χ3v) is 20.4. The van der Waals surface area contributed by atoms with Gasteiger partial charge >= 0.3 is 0 Å². The van der Waals surface area contributed by atoms with Crippen LogP contribution in [-0.4, -0.2) is 140 Å². The van der Waals surface area contributed by atoms with Crippen LogP contribution >= 0.6 is 0 Å². The average molecular weight is 1410 g/mol. The lowest BCUT2D eigenvalue weighted by Crippen LogP contribution is -2.65. The standard InChI is InChI=1S/C86H157NO13/c1-3-5-7-9-11-13-15-17-19-21-23-25-27-29-31-33-35-36-37-38-40-42-44-46-48-50-52-54-56-58-60-62-64-66-68-70-78(91)87-74(73-97-85-83(96)81(94)84(77(72-89)99-85)100-86-82(95)80(93)79(92)76(71-88)98-86)75(90)69-67-65-63-61-59-57-55-53-51-49-47-45-43-41-39-34-32-30-28-26-24-22-20-18-16-14-12-10-8-6-4-2/h5,7,11,13,17,19,23,25,59,61,67,69,74-77,79-86,88-90,92-96H,3-4,6,8-10,12,14-16,18,20-22,24,26-58,60,62-66,68,70-73H2,1-2H3,(H,87,91)/b7-5-,13-11-,19-17-,25-23-,61-59+,69-67+. The second kappa shape index (κ2) is 69.5. The molecule has 12 unspecified atom stereocenters. The zero-order chi connectivity index (χ0) is 72.2. The molecule has 2 rings (SSSR count). The first-order valence-electron chi connectivity index (χ1n) is 42.2. The van der Waals surface area contributed by atoms with Gasteiger partial charge in [0.2, 0.25) is 5.91 Å². The molecule has 100 heavy (non-hydrogen) atoms. The fraction of sp³-hybridized carbons (Fsp3) is 0.849. The van der Waals surface area contributed by atoms with E-state index in [0.29, 0.717) is 12.8 Å². The average Bonchev–Trinajstić information content (AvgIpc) is 0.790. The number of aliphatic hydroxyl groups excluding tert-OH is 8. The number of aliphatic hydroxyl groups is 8. The molecule has 14 nitrogen and oxygen atoms in total. The first kappa shape index (κ1) is 93.5. The molecule has 0 aliphatic carbocycles. The van der Waals surface area contributed by atoms with Gasteiger partial charge in [-0.05, 0) is 70.6 Å². The summed E-state index contributed by atoms with van der Waals surface area (Å²) in [6.45, 7) is 2.73. The van der Waals surface area contributed by atoms with Crippen molar-refractivity contribution in [2.45, 2.75) is 447 Å². The number of hydrogen-bond donors (Lipinski definition) is 9. The SMILES string of the molecule is CC/C=C\C/C=C\C/C=C\C/C=C\CCCCCCCCCCCCCCCCCCCCCCCCC(=O)NC(COC1OC(CO)C(OC2OC(CO)C(O)C(O)C2O)C(O)C1O)C(O)/C=C/CC/C=C/CCCCCCCCCCCCCCCCCCCCCCCCCCC. The van der Waals surface area contributed by atoms with E-state index in [2.05, 4.69) is 79.9 Å². The van der Waals surface area contributed by atoms with Gasteiger partial charge in [-0.25, -0.2) is 0 Å². The third-order valence-electron chi connectivity index (χ3n) is 20.4. The minimum absolute atomic E-state index is 0.243. The summed E-state index contributed by atoms with van der Waals surface area (Å²) in [5.74, 6) is -0.243. The van der Waals surface area contributed by atoms with E-state index in [1.165, 1.54) is 283 Å². The largest absolute Gasteiger partial charge is 0.394 e. The van der Waals surface area contributed by atoms with Gasteiger partial charge in [0.15, 0.2) is 12.6 Å². The Hall–Kier alpha value is -2.57. The molecule has 14 heteroatoms. The highest BCUT2D eigenvalue weighted by Gasteiger charge is 2.51. The zero-order valence-electron chi connectivity index (χ0n) is 64.2. The van der Waals surface area contributed by atoms with Gasteiger partial charge < -0.3 is 65.1 Å². The topological polar surface area (TPSA) is 228 Å². The third kappa shape index (κ3) is 51.6. The van der Waals surface area contributed by atoms with Crippen LogP contribution in [0.1, 0.15) is 373 Å². The maximum atomic E-state index is 13.4. The van der Waals surface area contributed by atoms with Crippen LogP contribution in [0.15, 0.2) is 72.9 Å². The Morgan fingerprint density at radius 3 is 1.10 bits per heavy atom.